The molecule has 0 amide bonds. The van der Waals surface area contributed by atoms with E-state index in [4.69, 9.17) is 4.74 Å². The van der Waals surface area contributed by atoms with Gasteiger partial charge in [0.2, 0.25) is 5.88 Å². The minimum absolute atomic E-state index is 0.0462. The van der Waals surface area contributed by atoms with Gasteiger partial charge in [-0.2, -0.15) is 0 Å². The molecule has 1 aliphatic carbocycles. The summed E-state index contributed by atoms with van der Waals surface area (Å²) in [5, 5.41) is 0. The second-order valence-corrected chi connectivity index (χ2v) is 5.17. The molecular formula is C12H18N2O. The fourth-order valence-corrected chi connectivity index (χ4v) is 1.91. The molecule has 0 spiro atoms. The molecule has 0 bridgehead atoms. The predicted molar refractivity (Wildman–Crippen MR) is 59.3 cm³/mol. The maximum Gasteiger partial charge on any atom is 0.220 e. The van der Waals surface area contributed by atoms with Crippen LogP contribution >= 0.6 is 0 Å². The second-order valence-electron chi connectivity index (χ2n) is 5.17. The molecule has 3 nitrogen and oxygen atoms in total. The first-order valence-electron chi connectivity index (χ1n) is 5.43. The van der Waals surface area contributed by atoms with Gasteiger partial charge in [0.15, 0.2) is 0 Å². The topological polar surface area (TPSA) is 35.0 Å². The Balaban J connectivity index is 2.54. The van der Waals surface area contributed by atoms with E-state index in [-0.39, 0.29) is 5.41 Å². The lowest BCUT2D eigenvalue weighted by Gasteiger charge is -2.23. The summed E-state index contributed by atoms with van der Waals surface area (Å²) >= 11 is 0. The average Bonchev–Trinajstić information content (AvgIpc) is 2.98. The third-order valence-electron chi connectivity index (χ3n) is 2.75. The maximum atomic E-state index is 5.34. The SMILES string of the molecule is COc1ncnc(C2CC2)c1C(C)(C)C. The molecule has 0 N–H and O–H groups in total. The molecule has 82 valence electrons. The fourth-order valence-electron chi connectivity index (χ4n) is 1.91. The molecule has 0 aliphatic heterocycles. The number of hydrogen-bond donors (Lipinski definition) is 0. The lowest BCUT2D eigenvalue weighted by atomic mass is 9.85. The summed E-state index contributed by atoms with van der Waals surface area (Å²) in [6, 6.07) is 0. The highest BCUT2D eigenvalue weighted by atomic mass is 16.5. The van der Waals surface area contributed by atoms with Crippen LogP contribution < -0.4 is 4.74 Å². The van der Waals surface area contributed by atoms with Gasteiger partial charge in [-0.1, -0.05) is 20.8 Å². The van der Waals surface area contributed by atoms with E-state index in [0.717, 1.165) is 5.88 Å². The molecule has 1 saturated carbocycles. The van der Waals surface area contributed by atoms with Gasteiger partial charge in [-0.3, -0.25) is 0 Å². The van der Waals surface area contributed by atoms with Crippen molar-refractivity contribution in [3.63, 3.8) is 0 Å². The summed E-state index contributed by atoms with van der Waals surface area (Å²) in [5.74, 6) is 1.37. The van der Waals surface area contributed by atoms with Crippen LogP contribution in [0.25, 0.3) is 0 Å². The quantitative estimate of drug-likeness (QED) is 0.746. The van der Waals surface area contributed by atoms with E-state index in [9.17, 15) is 0 Å². The molecule has 0 aromatic carbocycles. The van der Waals surface area contributed by atoms with Crippen molar-refractivity contribution in [3.05, 3.63) is 17.6 Å². The van der Waals surface area contributed by atoms with E-state index in [1.54, 1.807) is 13.4 Å². The Labute approximate surface area is 90.9 Å². The van der Waals surface area contributed by atoms with Gasteiger partial charge < -0.3 is 4.74 Å². The van der Waals surface area contributed by atoms with Crippen LogP contribution in [0.5, 0.6) is 5.88 Å². The van der Waals surface area contributed by atoms with Gasteiger partial charge in [0.1, 0.15) is 6.33 Å². The summed E-state index contributed by atoms with van der Waals surface area (Å²) in [6.45, 7) is 6.54. The zero-order valence-electron chi connectivity index (χ0n) is 9.87. The van der Waals surface area contributed by atoms with Crippen LogP contribution in [0, 0.1) is 0 Å². The Morgan fingerprint density at radius 1 is 1.27 bits per heavy atom. The zero-order valence-corrected chi connectivity index (χ0v) is 9.87. The van der Waals surface area contributed by atoms with E-state index in [0.29, 0.717) is 5.92 Å². The van der Waals surface area contributed by atoms with E-state index in [2.05, 4.69) is 30.7 Å². The van der Waals surface area contributed by atoms with Crippen molar-refractivity contribution < 1.29 is 4.74 Å². The monoisotopic (exact) mass is 206 g/mol. The lowest BCUT2D eigenvalue weighted by Crippen LogP contribution is -2.17. The normalized spacial score (nSPS) is 16.5. The molecule has 1 heterocycles. The standard InChI is InChI=1S/C12H18N2O/c1-12(2,3)9-10(8-5-6-8)13-7-14-11(9)15-4/h7-8H,5-6H2,1-4H3. The van der Waals surface area contributed by atoms with Crippen LogP contribution in [0.2, 0.25) is 0 Å². The van der Waals surface area contributed by atoms with Gasteiger partial charge in [0.25, 0.3) is 0 Å². The predicted octanol–water partition coefficient (Wildman–Crippen LogP) is 2.66. The number of hydrogen-bond acceptors (Lipinski definition) is 3. The third-order valence-corrected chi connectivity index (χ3v) is 2.75. The van der Waals surface area contributed by atoms with E-state index < -0.39 is 0 Å². The molecule has 0 unspecified atom stereocenters. The summed E-state index contributed by atoms with van der Waals surface area (Å²) in [5.41, 5.74) is 2.41. The molecule has 0 saturated heterocycles. The third kappa shape index (κ3) is 1.96. The Morgan fingerprint density at radius 3 is 2.40 bits per heavy atom. The van der Waals surface area contributed by atoms with E-state index >= 15 is 0 Å². The van der Waals surface area contributed by atoms with Gasteiger partial charge >= 0.3 is 0 Å². The fraction of sp³-hybridized carbons (Fsp3) is 0.667. The summed E-state index contributed by atoms with van der Waals surface area (Å²) < 4.78 is 5.34. The number of methoxy groups -OCH3 is 1. The minimum Gasteiger partial charge on any atom is -0.481 e. The molecule has 15 heavy (non-hydrogen) atoms. The molecular weight excluding hydrogens is 188 g/mol. The van der Waals surface area contributed by atoms with Crippen LogP contribution in [0.1, 0.15) is 50.8 Å². The Morgan fingerprint density at radius 2 is 1.93 bits per heavy atom. The first kappa shape index (κ1) is 10.4. The van der Waals surface area contributed by atoms with Gasteiger partial charge in [-0.25, -0.2) is 9.97 Å². The van der Waals surface area contributed by atoms with Crippen LogP contribution in [0.4, 0.5) is 0 Å². The highest BCUT2D eigenvalue weighted by molar-refractivity contribution is 5.39. The molecule has 0 radical (unpaired) electrons. The Hall–Kier alpha value is -1.12. The van der Waals surface area contributed by atoms with Gasteiger partial charge in [0.05, 0.1) is 12.8 Å². The summed E-state index contributed by atoms with van der Waals surface area (Å²) in [6.07, 6.45) is 4.12. The van der Waals surface area contributed by atoms with Gasteiger partial charge in [-0.05, 0) is 18.3 Å². The van der Waals surface area contributed by atoms with Crippen molar-refractivity contribution in [1.29, 1.82) is 0 Å². The zero-order chi connectivity index (χ0) is 11.1. The molecule has 3 heteroatoms. The van der Waals surface area contributed by atoms with Crippen molar-refractivity contribution in [3.8, 4) is 5.88 Å². The number of aromatic nitrogens is 2. The van der Waals surface area contributed by atoms with Crippen molar-refractivity contribution in [1.82, 2.24) is 9.97 Å². The average molecular weight is 206 g/mol. The van der Waals surface area contributed by atoms with Gasteiger partial charge in [-0.15, -0.1) is 0 Å². The largest absolute Gasteiger partial charge is 0.481 e. The number of rotatable bonds is 2. The van der Waals surface area contributed by atoms with E-state index in [1.807, 2.05) is 0 Å². The van der Waals surface area contributed by atoms with Gasteiger partial charge in [0, 0.05) is 11.5 Å². The van der Waals surface area contributed by atoms with E-state index in [1.165, 1.54) is 24.1 Å². The van der Waals surface area contributed by atoms with Crippen LogP contribution in [-0.2, 0) is 5.41 Å². The highest BCUT2D eigenvalue weighted by Gasteiger charge is 2.33. The second kappa shape index (κ2) is 3.47. The molecule has 1 aromatic rings. The molecule has 2 rings (SSSR count). The summed E-state index contributed by atoms with van der Waals surface area (Å²) in [7, 11) is 1.67. The molecule has 0 atom stereocenters. The molecule has 1 fully saturated rings. The lowest BCUT2D eigenvalue weighted by molar-refractivity contribution is 0.377. The summed E-state index contributed by atoms with van der Waals surface area (Å²) in [4.78, 5) is 8.63. The van der Waals surface area contributed by atoms with Crippen LogP contribution in [0.3, 0.4) is 0 Å². The maximum absolute atomic E-state index is 5.34. The van der Waals surface area contributed by atoms with Crippen LogP contribution in [-0.4, -0.2) is 17.1 Å². The Bertz CT molecular complexity index is 364. The van der Waals surface area contributed by atoms with Crippen molar-refractivity contribution in [2.24, 2.45) is 0 Å². The first-order valence-corrected chi connectivity index (χ1v) is 5.43. The highest BCUT2D eigenvalue weighted by Crippen LogP contribution is 2.45. The molecule has 1 aliphatic rings. The number of nitrogens with zero attached hydrogens (tertiary/aromatic N) is 2. The van der Waals surface area contributed by atoms with Crippen molar-refractivity contribution in [2.75, 3.05) is 7.11 Å². The smallest absolute Gasteiger partial charge is 0.220 e. The first-order chi connectivity index (χ1) is 7.04. The molecule has 1 aromatic heterocycles. The number of ether oxygens (including phenoxy) is 1. The minimum atomic E-state index is 0.0462. The van der Waals surface area contributed by atoms with Crippen molar-refractivity contribution in [2.45, 2.75) is 44.9 Å². The van der Waals surface area contributed by atoms with Crippen LogP contribution in [0.15, 0.2) is 6.33 Å². The Kier molecular flexibility index (Phi) is 2.41. The van der Waals surface area contributed by atoms with Crippen molar-refractivity contribution >= 4 is 0 Å².